The van der Waals surface area contributed by atoms with Crippen LogP contribution in [0, 0.1) is 0 Å². The first-order chi connectivity index (χ1) is 7.15. The number of allylic oxidation sites excluding steroid dienone is 1. The van der Waals surface area contributed by atoms with Crippen LogP contribution in [0.3, 0.4) is 0 Å². The van der Waals surface area contributed by atoms with Crippen LogP contribution >= 0.6 is 0 Å². The van der Waals surface area contributed by atoms with E-state index in [1.54, 1.807) is 6.92 Å². The van der Waals surface area contributed by atoms with Gasteiger partial charge in [0, 0.05) is 5.56 Å². The zero-order valence-corrected chi connectivity index (χ0v) is 9.53. The molecule has 0 saturated carbocycles. The van der Waals surface area contributed by atoms with Gasteiger partial charge in [-0.05, 0) is 32.4 Å². The molecule has 0 heterocycles. The van der Waals surface area contributed by atoms with Crippen molar-refractivity contribution in [3.8, 4) is 5.75 Å². The third kappa shape index (κ3) is 3.40. The molecule has 1 unspecified atom stereocenters. The summed E-state index contributed by atoms with van der Waals surface area (Å²) in [4.78, 5) is 0. The van der Waals surface area contributed by atoms with Crippen LogP contribution in [0.2, 0.25) is 0 Å². The molecule has 0 spiro atoms. The predicted octanol–water partition coefficient (Wildman–Crippen LogP) is 2.87. The van der Waals surface area contributed by atoms with Gasteiger partial charge in [-0.1, -0.05) is 24.3 Å². The number of aliphatic hydroxyl groups is 1. The van der Waals surface area contributed by atoms with Crippen molar-refractivity contribution in [3.63, 3.8) is 0 Å². The van der Waals surface area contributed by atoms with Gasteiger partial charge in [0.15, 0.2) is 0 Å². The second-order valence-electron chi connectivity index (χ2n) is 3.52. The molecule has 2 nitrogen and oxygen atoms in total. The summed E-state index contributed by atoms with van der Waals surface area (Å²) in [6.07, 6.45) is 1.39. The van der Waals surface area contributed by atoms with Crippen molar-refractivity contribution in [1.82, 2.24) is 0 Å². The standard InChI is InChI=1S/C13H18O2/c1-4-15-13-8-6-5-7-12(13)10(2)9-11(3)14/h5-9,11,14H,4H2,1-3H3/b10-9+. The van der Waals surface area contributed by atoms with Crippen LogP contribution in [-0.4, -0.2) is 17.8 Å². The quantitative estimate of drug-likeness (QED) is 0.820. The monoisotopic (exact) mass is 206 g/mol. The fourth-order valence-corrected chi connectivity index (χ4v) is 1.53. The van der Waals surface area contributed by atoms with E-state index in [-0.39, 0.29) is 0 Å². The highest BCUT2D eigenvalue weighted by Crippen LogP contribution is 2.25. The average Bonchev–Trinajstić information content (AvgIpc) is 2.18. The van der Waals surface area contributed by atoms with Crippen molar-refractivity contribution in [2.45, 2.75) is 26.9 Å². The Bertz CT molecular complexity index is 340. The summed E-state index contributed by atoms with van der Waals surface area (Å²) in [5.41, 5.74) is 2.08. The molecule has 15 heavy (non-hydrogen) atoms. The van der Waals surface area contributed by atoms with E-state index in [9.17, 15) is 5.11 Å². The second-order valence-corrected chi connectivity index (χ2v) is 3.52. The van der Waals surface area contributed by atoms with E-state index in [0.717, 1.165) is 16.9 Å². The Balaban J connectivity index is 3.02. The van der Waals surface area contributed by atoms with E-state index >= 15 is 0 Å². The first-order valence-electron chi connectivity index (χ1n) is 5.23. The third-order valence-corrected chi connectivity index (χ3v) is 2.10. The van der Waals surface area contributed by atoms with Crippen LogP contribution in [0.15, 0.2) is 30.3 Å². The lowest BCUT2D eigenvalue weighted by Gasteiger charge is -2.10. The molecule has 0 bridgehead atoms. The van der Waals surface area contributed by atoms with Crippen molar-refractivity contribution < 1.29 is 9.84 Å². The van der Waals surface area contributed by atoms with Gasteiger partial charge in [0.05, 0.1) is 12.7 Å². The first kappa shape index (κ1) is 11.8. The smallest absolute Gasteiger partial charge is 0.126 e. The zero-order valence-electron chi connectivity index (χ0n) is 9.53. The van der Waals surface area contributed by atoms with E-state index in [1.165, 1.54) is 0 Å². The van der Waals surface area contributed by atoms with Crippen molar-refractivity contribution >= 4 is 5.57 Å². The molecule has 0 saturated heterocycles. The lowest BCUT2D eigenvalue weighted by atomic mass is 10.0. The maximum atomic E-state index is 9.29. The molecule has 82 valence electrons. The van der Waals surface area contributed by atoms with Gasteiger partial charge < -0.3 is 9.84 Å². The summed E-state index contributed by atoms with van der Waals surface area (Å²) in [5.74, 6) is 0.870. The zero-order chi connectivity index (χ0) is 11.3. The second kappa shape index (κ2) is 5.56. The maximum absolute atomic E-state index is 9.29. The number of aliphatic hydroxyl groups excluding tert-OH is 1. The molecule has 2 heteroatoms. The summed E-state index contributed by atoms with van der Waals surface area (Å²) < 4.78 is 5.52. The van der Waals surface area contributed by atoms with Crippen LogP contribution in [-0.2, 0) is 0 Å². The fourth-order valence-electron chi connectivity index (χ4n) is 1.53. The van der Waals surface area contributed by atoms with Gasteiger partial charge in [-0.2, -0.15) is 0 Å². The van der Waals surface area contributed by atoms with Crippen LogP contribution in [0.1, 0.15) is 26.3 Å². The number of ether oxygens (including phenoxy) is 1. The predicted molar refractivity (Wildman–Crippen MR) is 62.9 cm³/mol. The Hall–Kier alpha value is -1.28. The third-order valence-electron chi connectivity index (χ3n) is 2.10. The number of hydrogen-bond donors (Lipinski definition) is 1. The Morgan fingerprint density at radius 2 is 2.13 bits per heavy atom. The van der Waals surface area contributed by atoms with Gasteiger partial charge in [0.2, 0.25) is 0 Å². The molecule has 1 N–H and O–H groups in total. The minimum atomic E-state index is -0.431. The van der Waals surface area contributed by atoms with Crippen LogP contribution in [0.5, 0.6) is 5.75 Å². The maximum Gasteiger partial charge on any atom is 0.126 e. The Morgan fingerprint density at radius 1 is 1.47 bits per heavy atom. The molecule has 1 aromatic carbocycles. The molecule has 0 aromatic heterocycles. The minimum absolute atomic E-state index is 0.431. The van der Waals surface area contributed by atoms with Crippen LogP contribution in [0.25, 0.3) is 5.57 Å². The highest BCUT2D eigenvalue weighted by Gasteiger charge is 2.04. The Morgan fingerprint density at radius 3 is 2.73 bits per heavy atom. The molecule has 1 aromatic rings. The molecular weight excluding hydrogens is 188 g/mol. The highest BCUT2D eigenvalue weighted by molar-refractivity contribution is 5.69. The Kier molecular flexibility index (Phi) is 4.37. The molecule has 0 radical (unpaired) electrons. The average molecular weight is 206 g/mol. The van der Waals surface area contributed by atoms with E-state index in [0.29, 0.717) is 6.61 Å². The molecule has 1 rings (SSSR count). The Labute approximate surface area is 91.2 Å². The number of para-hydroxylation sites is 1. The van der Waals surface area contributed by atoms with Gasteiger partial charge >= 0.3 is 0 Å². The molecule has 0 amide bonds. The van der Waals surface area contributed by atoms with Gasteiger partial charge in [-0.25, -0.2) is 0 Å². The molecule has 0 fully saturated rings. The number of hydrogen-bond acceptors (Lipinski definition) is 2. The van der Waals surface area contributed by atoms with Gasteiger partial charge in [0.25, 0.3) is 0 Å². The van der Waals surface area contributed by atoms with Gasteiger partial charge in [0.1, 0.15) is 5.75 Å². The largest absolute Gasteiger partial charge is 0.493 e. The van der Waals surface area contributed by atoms with Crippen molar-refractivity contribution in [2.24, 2.45) is 0 Å². The summed E-state index contributed by atoms with van der Waals surface area (Å²) in [6.45, 7) is 6.33. The SMILES string of the molecule is CCOc1ccccc1/C(C)=C/C(C)O. The summed E-state index contributed by atoms with van der Waals surface area (Å²) >= 11 is 0. The first-order valence-corrected chi connectivity index (χ1v) is 5.23. The van der Waals surface area contributed by atoms with Crippen LogP contribution in [0.4, 0.5) is 0 Å². The fraction of sp³-hybridized carbons (Fsp3) is 0.385. The van der Waals surface area contributed by atoms with Crippen molar-refractivity contribution in [1.29, 1.82) is 0 Å². The van der Waals surface area contributed by atoms with Crippen molar-refractivity contribution in [3.05, 3.63) is 35.9 Å². The van der Waals surface area contributed by atoms with E-state index in [1.807, 2.05) is 44.2 Å². The normalized spacial score (nSPS) is 13.7. The van der Waals surface area contributed by atoms with E-state index in [4.69, 9.17) is 4.74 Å². The molecule has 0 aliphatic carbocycles. The summed E-state index contributed by atoms with van der Waals surface area (Å²) in [5, 5.41) is 9.29. The van der Waals surface area contributed by atoms with E-state index in [2.05, 4.69) is 0 Å². The highest BCUT2D eigenvalue weighted by atomic mass is 16.5. The van der Waals surface area contributed by atoms with Crippen molar-refractivity contribution in [2.75, 3.05) is 6.61 Å². The van der Waals surface area contributed by atoms with Crippen LogP contribution < -0.4 is 4.74 Å². The molecule has 0 aliphatic rings. The molecule has 0 aliphatic heterocycles. The minimum Gasteiger partial charge on any atom is -0.493 e. The number of rotatable bonds is 4. The lowest BCUT2D eigenvalue weighted by molar-refractivity contribution is 0.244. The molecule has 1 atom stereocenters. The van der Waals surface area contributed by atoms with E-state index < -0.39 is 6.10 Å². The summed E-state index contributed by atoms with van der Waals surface area (Å²) in [7, 11) is 0. The number of benzene rings is 1. The molecular formula is C13H18O2. The summed E-state index contributed by atoms with van der Waals surface area (Å²) in [6, 6.07) is 7.86. The van der Waals surface area contributed by atoms with Gasteiger partial charge in [-0.15, -0.1) is 0 Å². The lowest BCUT2D eigenvalue weighted by Crippen LogP contribution is -1.98. The van der Waals surface area contributed by atoms with Gasteiger partial charge in [-0.3, -0.25) is 0 Å². The topological polar surface area (TPSA) is 29.5 Å².